The van der Waals surface area contributed by atoms with Crippen LogP contribution in [0.25, 0.3) is 0 Å². The summed E-state index contributed by atoms with van der Waals surface area (Å²) in [6, 6.07) is 0. The summed E-state index contributed by atoms with van der Waals surface area (Å²) < 4.78 is 40.0. The Morgan fingerprint density at radius 2 is 1.03 bits per heavy atom. The fraction of sp³-hybridized carbons (Fsp3) is 0.963. The molecule has 0 aliphatic heterocycles. The highest BCUT2D eigenvalue weighted by molar-refractivity contribution is 5.78. The molecular formula is C27H54O11. The van der Waals surface area contributed by atoms with E-state index in [0.29, 0.717) is 0 Å². The minimum atomic E-state index is -1.20. The third-order valence-corrected chi connectivity index (χ3v) is 5.00. The van der Waals surface area contributed by atoms with Crippen molar-refractivity contribution in [1.82, 2.24) is 0 Å². The van der Waals surface area contributed by atoms with Gasteiger partial charge in [-0.25, -0.2) is 4.79 Å². The molecule has 0 aromatic carbocycles. The second kappa shape index (κ2) is 19.2. The molecule has 38 heavy (non-hydrogen) atoms. The van der Waals surface area contributed by atoms with Gasteiger partial charge in [0.05, 0.1) is 94.9 Å². The highest BCUT2D eigenvalue weighted by atomic mass is 16.6. The van der Waals surface area contributed by atoms with Gasteiger partial charge in [-0.05, 0) is 62.3 Å². The molecule has 5 atom stereocenters. The van der Waals surface area contributed by atoms with Crippen LogP contribution in [0.3, 0.4) is 0 Å². The van der Waals surface area contributed by atoms with Crippen LogP contribution < -0.4 is 0 Å². The SMILES string of the molecule is CC(O)COCC(COCC(C)O)(COCC(C)O)COCC(C)OC(C)(C)C(=O)OCC(C)OC(C)C. The maximum Gasteiger partial charge on any atom is 0.337 e. The maximum atomic E-state index is 12.6. The lowest BCUT2D eigenvalue weighted by atomic mass is 9.92. The zero-order chi connectivity index (χ0) is 29.4. The van der Waals surface area contributed by atoms with E-state index >= 15 is 0 Å². The van der Waals surface area contributed by atoms with Gasteiger partial charge >= 0.3 is 5.97 Å². The molecule has 0 heterocycles. The quantitative estimate of drug-likeness (QED) is 0.159. The molecule has 0 aliphatic rings. The lowest BCUT2D eigenvalue weighted by Gasteiger charge is -2.34. The molecule has 228 valence electrons. The van der Waals surface area contributed by atoms with Crippen molar-refractivity contribution in [2.45, 2.75) is 105 Å². The molecule has 0 bridgehead atoms. The van der Waals surface area contributed by atoms with Gasteiger partial charge in [-0.2, -0.15) is 0 Å². The Morgan fingerprint density at radius 1 is 0.632 bits per heavy atom. The van der Waals surface area contributed by atoms with Gasteiger partial charge in [0.15, 0.2) is 5.60 Å². The van der Waals surface area contributed by atoms with E-state index in [1.165, 1.54) is 0 Å². The molecule has 0 saturated carbocycles. The van der Waals surface area contributed by atoms with Gasteiger partial charge in [-0.15, -0.1) is 0 Å². The smallest absolute Gasteiger partial charge is 0.337 e. The molecular weight excluding hydrogens is 500 g/mol. The molecule has 0 spiro atoms. The Bertz CT molecular complexity index is 572. The number of rotatable bonds is 23. The van der Waals surface area contributed by atoms with E-state index in [1.807, 2.05) is 20.8 Å². The standard InChI is InChI=1S/C27H54O11/c1-19(2)37-23(6)14-36-25(31)26(8,9)38-24(7)13-35-18-27(15-32-10-20(3)28,16-33-11-21(4)29)17-34-12-22(5)30/h19-24,28-30H,10-18H2,1-9H3. The molecule has 5 unspecified atom stereocenters. The number of aliphatic hydroxyl groups excluding tert-OH is 3. The van der Waals surface area contributed by atoms with Gasteiger partial charge in [0.2, 0.25) is 0 Å². The molecule has 3 N–H and O–H groups in total. The van der Waals surface area contributed by atoms with Gasteiger partial charge < -0.3 is 48.5 Å². The van der Waals surface area contributed by atoms with Crippen LogP contribution in [0.5, 0.6) is 0 Å². The normalized spacial score (nSPS) is 18.0. The highest BCUT2D eigenvalue weighted by Gasteiger charge is 2.35. The Hall–Kier alpha value is -0.890. The molecule has 0 aromatic heterocycles. The molecule has 0 rings (SSSR count). The zero-order valence-corrected chi connectivity index (χ0v) is 24.9. The van der Waals surface area contributed by atoms with Crippen molar-refractivity contribution >= 4 is 5.97 Å². The summed E-state index contributed by atoms with van der Waals surface area (Å²) in [5.74, 6) is -0.498. The van der Waals surface area contributed by atoms with Crippen molar-refractivity contribution < 1.29 is 53.3 Å². The van der Waals surface area contributed by atoms with Crippen LogP contribution in [0.15, 0.2) is 0 Å². The van der Waals surface area contributed by atoms with E-state index < -0.39 is 41.4 Å². The Balaban J connectivity index is 5.11. The first-order valence-corrected chi connectivity index (χ1v) is 13.4. The van der Waals surface area contributed by atoms with Crippen molar-refractivity contribution in [2.75, 3.05) is 59.5 Å². The van der Waals surface area contributed by atoms with E-state index in [9.17, 15) is 20.1 Å². The first-order valence-electron chi connectivity index (χ1n) is 13.4. The van der Waals surface area contributed by atoms with E-state index in [-0.39, 0.29) is 71.7 Å². The molecule has 0 fully saturated rings. The van der Waals surface area contributed by atoms with Crippen molar-refractivity contribution in [3.63, 3.8) is 0 Å². The van der Waals surface area contributed by atoms with Crippen LogP contribution >= 0.6 is 0 Å². The minimum absolute atomic E-state index is 0.0320. The Morgan fingerprint density at radius 3 is 1.39 bits per heavy atom. The number of carbonyl (C=O) groups excluding carboxylic acids is 1. The topological polar surface area (TPSA) is 142 Å². The fourth-order valence-corrected chi connectivity index (χ4v) is 3.49. The zero-order valence-electron chi connectivity index (χ0n) is 24.9. The average molecular weight is 555 g/mol. The predicted molar refractivity (Wildman–Crippen MR) is 142 cm³/mol. The van der Waals surface area contributed by atoms with Crippen LogP contribution in [0.4, 0.5) is 0 Å². The van der Waals surface area contributed by atoms with Crippen LogP contribution in [-0.4, -0.2) is 123 Å². The first-order chi connectivity index (χ1) is 17.6. The third-order valence-electron chi connectivity index (χ3n) is 5.00. The molecule has 0 amide bonds. The summed E-state index contributed by atoms with van der Waals surface area (Å²) in [7, 11) is 0. The minimum Gasteiger partial charge on any atom is -0.461 e. The largest absolute Gasteiger partial charge is 0.461 e. The highest BCUT2D eigenvalue weighted by Crippen LogP contribution is 2.22. The lowest BCUT2D eigenvalue weighted by molar-refractivity contribution is -0.183. The number of hydrogen-bond acceptors (Lipinski definition) is 11. The molecule has 0 aromatic rings. The summed E-state index contributed by atoms with van der Waals surface area (Å²) >= 11 is 0. The van der Waals surface area contributed by atoms with Gasteiger partial charge in [0.25, 0.3) is 0 Å². The van der Waals surface area contributed by atoms with E-state index in [0.717, 1.165) is 0 Å². The Labute approximate surface area is 229 Å². The first kappa shape index (κ1) is 37.1. The molecule has 0 saturated heterocycles. The fourth-order valence-electron chi connectivity index (χ4n) is 3.49. The average Bonchev–Trinajstić information content (AvgIpc) is 2.75. The van der Waals surface area contributed by atoms with Gasteiger partial charge in [0, 0.05) is 0 Å². The van der Waals surface area contributed by atoms with Crippen molar-refractivity contribution in [2.24, 2.45) is 5.41 Å². The summed E-state index contributed by atoms with van der Waals surface area (Å²) in [5, 5.41) is 28.8. The van der Waals surface area contributed by atoms with Crippen molar-refractivity contribution in [3.8, 4) is 0 Å². The summed E-state index contributed by atoms with van der Waals surface area (Å²) in [6.07, 6.45) is -2.60. The van der Waals surface area contributed by atoms with Gasteiger partial charge in [-0.1, -0.05) is 0 Å². The third kappa shape index (κ3) is 18.4. The summed E-state index contributed by atoms with van der Waals surface area (Å²) in [6.45, 7) is 16.9. The van der Waals surface area contributed by atoms with Crippen molar-refractivity contribution in [3.05, 3.63) is 0 Å². The van der Waals surface area contributed by atoms with Crippen molar-refractivity contribution in [1.29, 1.82) is 0 Å². The van der Waals surface area contributed by atoms with Gasteiger partial charge in [0.1, 0.15) is 6.61 Å². The monoisotopic (exact) mass is 554 g/mol. The number of carbonyl (C=O) groups is 1. The molecule has 11 heteroatoms. The van der Waals surface area contributed by atoms with Crippen LogP contribution in [0.2, 0.25) is 0 Å². The molecule has 0 aliphatic carbocycles. The van der Waals surface area contributed by atoms with E-state index in [1.54, 1.807) is 41.5 Å². The number of ether oxygens (including phenoxy) is 7. The predicted octanol–water partition coefficient (Wildman–Crippen LogP) is 1.72. The van der Waals surface area contributed by atoms with Crippen LogP contribution in [0.1, 0.15) is 62.3 Å². The lowest BCUT2D eigenvalue weighted by Crippen LogP contribution is -2.44. The number of aliphatic hydroxyl groups is 3. The van der Waals surface area contributed by atoms with Gasteiger partial charge in [-0.3, -0.25) is 0 Å². The Kier molecular flexibility index (Phi) is 18.8. The number of hydrogen-bond donors (Lipinski definition) is 3. The van der Waals surface area contributed by atoms with Crippen LogP contribution in [-0.2, 0) is 38.0 Å². The second-order valence-electron chi connectivity index (χ2n) is 11.1. The maximum absolute atomic E-state index is 12.6. The summed E-state index contributed by atoms with van der Waals surface area (Å²) in [4.78, 5) is 12.6. The van der Waals surface area contributed by atoms with Crippen LogP contribution in [0, 0.1) is 5.41 Å². The summed E-state index contributed by atoms with van der Waals surface area (Å²) in [5.41, 5.74) is -1.97. The van der Waals surface area contributed by atoms with E-state index in [4.69, 9.17) is 33.2 Å². The second-order valence-corrected chi connectivity index (χ2v) is 11.1. The molecule has 0 radical (unpaired) electrons. The number of esters is 1. The molecule has 11 nitrogen and oxygen atoms in total. The van der Waals surface area contributed by atoms with E-state index in [2.05, 4.69) is 0 Å².